The molecule has 0 bridgehead atoms. The normalized spacial score (nSPS) is 10.1. The minimum atomic E-state index is -0.297. The first kappa shape index (κ1) is 12.7. The van der Waals surface area contributed by atoms with Crippen molar-refractivity contribution in [2.75, 3.05) is 0 Å². The molecule has 18 heavy (non-hydrogen) atoms. The Bertz CT molecular complexity index is 532. The predicted octanol–water partition coefficient (Wildman–Crippen LogP) is 2.71. The molecule has 0 fully saturated rings. The molecule has 2 aromatic rings. The molecular weight excluding hydrogens is 296 g/mol. The van der Waals surface area contributed by atoms with E-state index in [9.17, 15) is 4.79 Å². The van der Waals surface area contributed by atoms with E-state index in [1.807, 2.05) is 30.3 Å². The summed E-state index contributed by atoms with van der Waals surface area (Å²) in [4.78, 5) is 20.8. The molecule has 1 heterocycles. The smallest absolute Gasteiger partial charge is 0.269 e. The highest BCUT2D eigenvalue weighted by Gasteiger charge is 2.05. The molecule has 0 unspecified atom stereocenters. The molecule has 0 radical (unpaired) electrons. The lowest BCUT2D eigenvalue weighted by molar-refractivity contribution is 0.0233. The third kappa shape index (κ3) is 3.65. The van der Waals surface area contributed by atoms with Crippen LogP contribution in [0.1, 0.15) is 15.9 Å². The lowest BCUT2D eigenvalue weighted by Gasteiger charge is -2.06. The molecule has 0 saturated carbocycles. The summed E-state index contributed by atoms with van der Waals surface area (Å²) in [6.07, 6.45) is 1.55. The number of carbonyl (C=O) groups is 1. The molecule has 0 aliphatic heterocycles. The van der Waals surface area contributed by atoms with Crippen molar-refractivity contribution in [1.29, 1.82) is 0 Å². The van der Waals surface area contributed by atoms with Crippen molar-refractivity contribution in [2.24, 2.45) is 0 Å². The Morgan fingerprint density at radius 2 is 2.06 bits per heavy atom. The van der Waals surface area contributed by atoms with Gasteiger partial charge in [-0.3, -0.25) is 9.63 Å². The van der Waals surface area contributed by atoms with Gasteiger partial charge < -0.3 is 0 Å². The fourth-order valence-electron chi connectivity index (χ4n) is 1.36. The molecule has 1 aromatic carbocycles. The van der Waals surface area contributed by atoms with Gasteiger partial charge >= 0.3 is 0 Å². The van der Waals surface area contributed by atoms with Gasteiger partial charge in [-0.05, 0) is 33.6 Å². The molecule has 1 N–H and O–H groups in total. The van der Waals surface area contributed by atoms with Crippen molar-refractivity contribution < 1.29 is 9.63 Å². The zero-order valence-corrected chi connectivity index (χ0v) is 11.1. The summed E-state index contributed by atoms with van der Waals surface area (Å²) in [5.41, 5.74) is 3.87. The van der Waals surface area contributed by atoms with Gasteiger partial charge in [0.2, 0.25) is 0 Å². The van der Waals surface area contributed by atoms with Crippen LogP contribution in [0.2, 0.25) is 0 Å². The maximum atomic E-state index is 11.7. The van der Waals surface area contributed by atoms with E-state index < -0.39 is 0 Å². The van der Waals surface area contributed by atoms with Gasteiger partial charge in [0.05, 0.1) is 6.61 Å². The molecular formula is C13H11BrN2O2. The number of carbonyl (C=O) groups excluding carboxylic acids is 1. The average Bonchev–Trinajstić information content (AvgIpc) is 2.40. The standard InChI is InChI=1S/C13H11BrN2O2/c14-12-8-11(6-7-15-12)13(17)16-18-9-10-4-2-1-3-5-10/h1-8H,9H2,(H,16,17). The second-order valence-electron chi connectivity index (χ2n) is 3.57. The second-order valence-corrected chi connectivity index (χ2v) is 4.39. The summed E-state index contributed by atoms with van der Waals surface area (Å²) in [6.45, 7) is 0.332. The van der Waals surface area contributed by atoms with Gasteiger partial charge in [-0.25, -0.2) is 10.5 Å². The number of rotatable bonds is 4. The van der Waals surface area contributed by atoms with Crippen LogP contribution >= 0.6 is 15.9 Å². The Hall–Kier alpha value is -1.72. The van der Waals surface area contributed by atoms with Crippen LogP contribution in [-0.2, 0) is 11.4 Å². The quantitative estimate of drug-likeness (QED) is 0.698. The molecule has 0 aliphatic carbocycles. The summed E-state index contributed by atoms with van der Waals surface area (Å²) >= 11 is 3.20. The number of hydrogen-bond acceptors (Lipinski definition) is 3. The number of amides is 1. The maximum absolute atomic E-state index is 11.7. The predicted molar refractivity (Wildman–Crippen MR) is 70.6 cm³/mol. The average molecular weight is 307 g/mol. The third-order valence-corrected chi connectivity index (χ3v) is 2.67. The SMILES string of the molecule is O=C(NOCc1ccccc1)c1ccnc(Br)c1. The van der Waals surface area contributed by atoms with Crippen LogP contribution in [0.25, 0.3) is 0 Å². The summed E-state index contributed by atoms with van der Waals surface area (Å²) in [6, 6.07) is 12.9. The van der Waals surface area contributed by atoms with Gasteiger partial charge in [-0.1, -0.05) is 30.3 Å². The van der Waals surface area contributed by atoms with E-state index in [2.05, 4.69) is 26.4 Å². The van der Waals surface area contributed by atoms with Crippen molar-refractivity contribution >= 4 is 21.8 Å². The molecule has 1 aromatic heterocycles. The Balaban J connectivity index is 1.86. The highest BCUT2D eigenvalue weighted by Crippen LogP contribution is 2.08. The number of hydrogen-bond donors (Lipinski definition) is 1. The molecule has 0 atom stereocenters. The van der Waals surface area contributed by atoms with Crippen molar-refractivity contribution in [1.82, 2.24) is 10.5 Å². The molecule has 92 valence electrons. The number of pyridine rings is 1. The number of hydroxylamine groups is 1. The Kier molecular flexibility index (Phi) is 4.44. The zero-order valence-electron chi connectivity index (χ0n) is 9.47. The fourth-order valence-corrected chi connectivity index (χ4v) is 1.73. The van der Waals surface area contributed by atoms with E-state index >= 15 is 0 Å². The first-order chi connectivity index (χ1) is 8.75. The molecule has 2 rings (SSSR count). The summed E-state index contributed by atoms with van der Waals surface area (Å²) in [5.74, 6) is -0.297. The van der Waals surface area contributed by atoms with Crippen molar-refractivity contribution in [2.45, 2.75) is 6.61 Å². The Morgan fingerprint density at radius 3 is 2.78 bits per heavy atom. The summed E-state index contributed by atoms with van der Waals surface area (Å²) in [7, 11) is 0. The minimum absolute atomic E-state index is 0.297. The minimum Gasteiger partial charge on any atom is -0.269 e. The first-order valence-corrected chi connectivity index (χ1v) is 6.12. The van der Waals surface area contributed by atoms with E-state index in [4.69, 9.17) is 4.84 Å². The summed E-state index contributed by atoms with van der Waals surface area (Å²) in [5, 5.41) is 0. The van der Waals surface area contributed by atoms with E-state index in [0.717, 1.165) is 5.56 Å². The van der Waals surface area contributed by atoms with E-state index in [1.54, 1.807) is 18.3 Å². The zero-order chi connectivity index (χ0) is 12.8. The number of benzene rings is 1. The van der Waals surface area contributed by atoms with Crippen LogP contribution in [-0.4, -0.2) is 10.9 Å². The van der Waals surface area contributed by atoms with Crippen LogP contribution in [0.3, 0.4) is 0 Å². The third-order valence-electron chi connectivity index (χ3n) is 2.24. The van der Waals surface area contributed by atoms with Crippen LogP contribution in [0.15, 0.2) is 53.3 Å². The van der Waals surface area contributed by atoms with Gasteiger partial charge in [-0.15, -0.1) is 0 Å². The lowest BCUT2D eigenvalue weighted by atomic mass is 10.2. The van der Waals surface area contributed by atoms with Gasteiger partial charge in [0, 0.05) is 11.8 Å². The molecule has 4 nitrogen and oxygen atoms in total. The Morgan fingerprint density at radius 1 is 1.28 bits per heavy atom. The molecule has 0 aliphatic rings. The number of nitrogens with one attached hydrogen (secondary N) is 1. The highest BCUT2D eigenvalue weighted by molar-refractivity contribution is 9.10. The van der Waals surface area contributed by atoms with E-state index in [-0.39, 0.29) is 5.91 Å². The largest absolute Gasteiger partial charge is 0.275 e. The van der Waals surface area contributed by atoms with Gasteiger partial charge in [0.25, 0.3) is 5.91 Å². The first-order valence-electron chi connectivity index (χ1n) is 5.33. The monoisotopic (exact) mass is 306 g/mol. The van der Waals surface area contributed by atoms with Crippen LogP contribution < -0.4 is 5.48 Å². The van der Waals surface area contributed by atoms with Crippen LogP contribution in [0, 0.1) is 0 Å². The number of aromatic nitrogens is 1. The molecule has 0 spiro atoms. The van der Waals surface area contributed by atoms with Crippen LogP contribution in [0.4, 0.5) is 0 Å². The molecule has 0 saturated heterocycles. The molecule has 1 amide bonds. The second kappa shape index (κ2) is 6.28. The highest BCUT2D eigenvalue weighted by atomic mass is 79.9. The lowest BCUT2D eigenvalue weighted by Crippen LogP contribution is -2.23. The van der Waals surface area contributed by atoms with Crippen molar-refractivity contribution in [3.8, 4) is 0 Å². The molecule has 5 heteroatoms. The van der Waals surface area contributed by atoms with Gasteiger partial charge in [0.1, 0.15) is 4.60 Å². The Labute approximate surface area is 113 Å². The van der Waals surface area contributed by atoms with Crippen molar-refractivity contribution in [3.05, 3.63) is 64.4 Å². The van der Waals surface area contributed by atoms with E-state index in [0.29, 0.717) is 16.8 Å². The summed E-state index contributed by atoms with van der Waals surface area (Å²) < 4.78 is 0.609. The van der Waals surface area contributed by atoms with Gasteiger partial charge in [-0.2, -0.15) is 0 Å². The fraction of sp³-hybridized carbons (Fsp3) is 0.0769. The van der Waals surface area contributed by atoms with Gasteiger partial charge in [0.15, 0.2) is 0 Å². The topological polar surface area (TPSA) is 51.2 Å². The van der Waals surface area contributed by atoms with E-state index in [1.165, 1.54) is 0 Å². The number of nitrogens with zero attached hydrogens (tertiary/aromatic N) is 1. The van der Waals surface area contributed by atoms with Crippen LogP contribution in [0.5, 0.6) is 0 Å². The van der Waals surface area contributed by atoms with Crippen molar-refractivity contribution in [3.63, 3.8) is 0 Å². The number of halogens is 1. The maximum Gasteiger partial charge on any atom is 0.275 e.